The van der Waals surface area contributed by atoms with Crippen LogP contribution in [0.3, 0.4) is 0 Å². The van der Waals surface area contributed by atoms with Crippen molar-refractivity contribution in [3.63, 3.8) is 0 Å². The maximum atomic E-state index is 13.8. The van der Waals surface area contributed by atoms with E-state index in [1.165, 1.54) is 15.9 Å². The van der Waals surface area contributed by atoms with Crippen LogP contribution in [0.4, 0.5) is 4.79 Å². The zero-order valence-electron chi connectivity index (χ0n) is 24.4. The molecular formula is C33H30N4O6S. The maximum absolute atomic E-state index is 13.8. The number of nitrogens with two attached hydrogens (primary N) is 1. The molecule has 5 rings (SSSR count). The molecule has 2 heterocycles. The lowest BCUT2D eigenvalue weighted by Gasteiger charge is -2.13. The summed E-state index contributed by atoms with van der Waals surface area (Å²) in [7, 11) is 1.55. The van der Waals surface area contributed by atoms with Gasteiger partial charge in [-0.15, -0.1) is 11.3 Å². The number of aromatic nitrogens is 2. The molecule has 3 N–H and O–H groups in total. The van der Waals surface area contributed by atoms with Gasteiger partial charge in [0, 0.05) is 16.0 Å². The predicted octanol–water partition coefficient (Wildman–Crippen LogP) is 5.09. The van der Waals surface area contributed by atoms with Crippen LogP contribution in [-0.4, -0.2) is 39.1 Å². The first-order chi connectivity index (χ1) is 21.1. The molecule has 0 bridgehead atoms. The second-order valence-corrected chi connectivity index (χ2v) is 11.3. The first-order valence-corrected chi connectivity index (χ1v) is 14.6. The number of hydrogen-bond donors (Lipinski definition) is 2. The Morgan fingerprint density at radius 2 is 1.73 bits per heavy atom. The van der Waals surface area contributed by atoms with E-state index in [1.54, 1.807) is 43.5 Å². The largest absolute Gasteiger partial charge is 0.496 e. The van der Waals surface area contributed by atoms with E-state index >= 15 is 0 Å². The number of methoxy groups -OCH3 is 1. The van der Waals surface area contributed by atoms with E-state index < -0.39 is 23.9 Å². The van der Waals surface area contributed by atoms with Gasteiger partial charge in [0.1, 0.15) is 16.4 Å². The van der Waals surface area contributed by atoms with Crippen molar-refractivity contribution in [1.29, 1.82) is 0 Å². The number of carboxylic acid groups (broad SMARTS) is 1. The molecule has 0 saturated carbocycles. The first-order valence-electron chi connectivity index (χ1n) is 13.8. The molecule has 224 valence electrons. The summed E-state index contributed by atoms with van der Waals surface area (Å²) >= 11 is 1.39. The highest BCUT2D eigenvalue weighted by atomic mass is 32.1. The van der Waals surface area contributed by atoms with Gasteiger partial charge in [0.05, 0.1) is 25.6 Å². The SMILES string of the molecule is CCc1cc2c(=O)n(CC(=O)c3ccc(OC)c(C)c3)c(=O)n(Cc3ccc(-c4ccccc4C(N)=NC(=O)O)cc3)c2s1. The summed E-state index contributed by atoms with van der Waals surface area (Å²) in [5, 5.41) is 9.42. The van der Waals surface area contributed by atoms with E-state index in [9.17, 15) is 19.2 Å². The normalized spacial score (nSPS) is 11.6. The highest BCUT2D eigenvalue weighted by Crippen LogP contribution is 2.26. The third-order valence-electron chi connectivity index (χ3n) is 7.34. The summed E-state index contributed by atoms with van der Waals surface area (Å²) in [6, 6.07) is 21.3. The molecule has 1 amide bonds. The molecule has 2 aromatic heterocycles. The van der Waals surface area contributed by atoms with Crippen molar-refractivity contribution in [3.05, 3.63) is 121 Å². The monoisotopic (exact) mass is 610 g/mol. The van der Waals surface area contributed by atoms with Crippen LogP contribution in [0.15, 0.2) is 87.4 Å². The van der Waals surface area contributed by atoms with Gasteiger partial charge >= 0.3 is 11.8 Å². The second kappa shape index (κ2) is 12.5. The van der Waals surface area contributed by atoms with Crippen molar-refractivity contribution in [2.45, 2.75) is 33.4 Å². The predicted molar refractivity (Wildman–Crippen MR) is 172 cm³/mol. The van der Waals surface area contributed by atoms with Crippen molar-refractivity contribution >= 4 is 39.3 Å². The van der Waals surface area contributed by atoms with Crippen LogP contribution in [-0.2, 0) is 19.5 Å². The average molecular weight is 611 g/mol. The Morgan fingerprint density at radius 1 is 1.00 bits per heavy atom. The molecule has 11 heteroatoms. The fourth-order valence-electron chi connectivity index (χ4n) is 5.08. The molecule has 0 radical (unpaired) electrons. The van der Waals surface area contributed by atoms with Gasteiger partial charge in [-0.25, -0.2) is 9.59 Å². The molecule has 0 fully saturated rings. The minimum absolute atomic E-state index is 0.114. The number of ether oxygens (including phenoxy) is 1. The Hall–Kier alpha value is -5.29. The molecule has 5 aromatic rings. The van der Waals surface area contributed by atoms with Crippen LogP contribution in [0.25, 0.3) is 21.3 Å². The summed E-state index contributed by atoms with van der Waals surface area (Å²) in [6.45, 7) is 3.57. The highest BCUT2D eigenvalue weighted by Gasteiger charge is 2.20. The smallest absolute Gasteiger partial charge is 0.433 e. The standard InChI is InChI=1S/C33H30N4O6S/c1-4-23-16-26-30(39)36(18-27(38)22-13-14-28(43-3)19(2)15-22)33(42)37(31(26)44-23)17-20-9-11-21(12-10-20)24-7-5-6-8-25(24)29(34)35-32(40)41/h5-16H,4,17-18H2,1-3H3,(H2,34,35)(H,40,41). The van der Waals surface area contributed by atoms with Crippen molar-refractivity contribution < 1.29 is 19.4 Å². The summed E-state index contributed by atoms with van der Waals surface area (Å²) in [5.74, 6) is 0.164. The third-order valence-corrected chi connectivity index (χ3v) is 8.64. The molecule has 0 saturated heterocycles. The van der Waals surface area contributed by atoms with Crippen LogP contribution >= 0.6 is 11.3 Å². The van der Waals surface area contributed by atoms with Gasteiger partial charge in [0.2, 0.25) is 0 Å². The number of benzene rings is 3. The number of amides is 1. The number of nitrogens with zero attached hydrogens (tertiary/aromatic N) is 3. The van der Waals surface area contributed by atoms with Gasteiger partial charge in [-0.3, -0.25) is 18.7 Å². The van der Waals surface area contributed by atoms with E-state index in [4.69, 9.17) is 15.6 Å². The number of hydrogen-bond acceptors (Lipinski definition) is 6. The molecule has 44 heavy (non-hydrogen) atoms. The molecule has 3 aromatic carbocycles. The maximum Gasteiger partial charge on any atom is 0.433 e. The Balaban J connectivity index is 1.53. The zero-order chi connectivity index (χ0) is 31.5. The lowest BCUT2D eigenvalue weighted by atomic mass is 9.98. The number of aryl methyl sites for hydroxylation is 2. The van der Waals surface area contributed by atoms with Crippen LogP contribution in [0, 0.1) is 6.92 Å². The number of aliphatic imine (C=N–C) groups is 1. The molecule has 0 aliphatic heterocycles. The number of Topliss-reactive ketones (excluding diaryl/α,β-unsaturated/α-hetero) is 1. The Kier molecular flexibility index (Phi) is 8.59. The summed E-state index contributed by atoms with van der Waals surface area (Å²) in [5.41, 5.74) is 8.77. The van der Waals surface area contributed by atoms with Crippen molar-refractivity contribution in [2.24, 2.45) is 10.7 Å². The average Bonchev–Trinajstić information content (AvgIpc) is 3.46. The van der Waals surface area contributed by atoms with Gasteiger partial charge in [0.25, 0.3) is 5.56 Å². The third kappa shape index (κ3) is 5.95. The van der Waals surface area contributed by atoms with Gasteiger partial charge in [0.15, 0.2) is 5.78 Å². The highest BCUT2D eigenvalue weighted by molar-refractivity contribution is 7.18. The number of thiophene rings is 1. The number of rotatable bonds is 9. The Bertz CT molecular complexity index is 2050. The van der Waals surface area contributed by atoms with Gasteiger partial charge < -0.3 is 15.6 Å². The molecule has 0 aliphatic rings. The molecule has 10 nitrogen and oxygen atoms in total. The van der Waals surface area contributed by atoms with Crippen LogP contribution < -0.4 is 21.7 Å². The molecule has 0 aliphatic carbocycles. The fraction of sp³-hybridized carbons (Fsp3) is 0.182. The van der Waals surface area contributed by atoms with E-state index in [0.717, 1.165) is 26.1 Å². The number of fused-ring (bicyclic) bond motifs is 1. The van der Waals surface area contributed by atoms with Crippen LogP contribution in [0.2, 0.25) is 0 Å². The zero-order valence-corrected chi connectivity index (χ0v) is 25.2. The van der Waals surface area contributed by atoms with E-state index in [-0.39, 0.29) is 18.2 Å². The summed E-state index contributed by atoms with van der Waals surface area (Å²) in [4.78, 5) is 56.6. The number of carbonyl (C=O) groups is 2. The number of amidine groups is 1. The molecule has 0 spiro atoms. The van der Waals surface area contributed by atoms with Crippen LogP contribution in [0.1, 0.15) is 38.8 Å². The Morgan fingerprint density at radius 3 is 2.39 bits per heavy atom. The first kappa shape index (κ1) is 30.2. The van der Waals surface area contributed by atoms with Crippen molar-refractivity contribution in [2.75, 3.05) is 7.11 Å². The van der Waals surface area contributed by atoms with Crippen LogP contribution in [0.5, 0.6) is 5.75 Å². The lowest BCUT2D eigenvalue weighted by molar-refractivity contribution is 0.0968. The van der Waals surface area contributed by atoms with Crippen molar-refractivity contribution in [3.8, 4) is 16.9 Å². The minimum Gasteiger partial charge on any atom is -0.496 e. The number of ketones is 1. The van der Waals surface area contributed by atoms with Crippen molar-refractivity contribution in [1.82, 2.24) is 9.13 Å². The molecular weight excluding hydrogens is 580 g/mol. The summed E-state index contributed by atoms with van der Waals surface area (Å²) in [6.07, 6.45) is -0.689. The van der Waals surface area contributed by atoms with E-state index in [2.05, 4.69) is 4.99 Å². The second-order valence-electron chi connectivity index (χ2n) is 10.2. The lowest BCUT2D eigenvalue weighted by Crippen LogP contribution is -2.41. The Labute approximate surface area is 256 Å². The molecule has 0 unspecified atom stereocenters. The van der Waals surface area contributed by atoms with Gasteiger partial charge in [-0.1, -0.05) is 55.5 Å². The summed E-state index contributed by atoms with van der Waals surface area (Å²) < 4.78 is 7.82. The minimum atomic E-state index is -1.38. The van der Waals surface area contributed by atoms with Gasteiger partial charge in [-0.05, 0) is 59.9 Å². The number of carbonyl (C=O) groups excluding carboxylic acids is 1. The fourth-order valence-corrected chi connectivity index (χ4v) is 6.16. The van der Waals surface area contributed by atoms with E-state index in [1.807, 2.05) is 50.2 Å². The molecule has 0 atom stereocenters. The quantitative estimate of drug-likeness (QED) is 0.134. The van der Waals surface area contributed by atoms with E-state index in [0.29, 0.717) is 39.1 Å². The topological polar surface area (TPSA) is 146 Å². The van der Waals surface area contributed by atoms with Gasteiger partial charge in [-0.2, -0.15) is 4.99 Å².